The minimum absolute atomic E-state index is 0.0459. The lowest BCUT2D eigenvalue weighted by Gasteiger charge is -2.07. The molecule has 4 nitrogen and oxygen atoms in total. The number of hydrogen-bond donors (Lipinski definition) is 1. The van der Waals surface area contributed by atoms with E-state index in [9.17, 15) is 5.11 Å². The van der Waals surface area contributed by atoms with Gasteiger partial charge in [-0.25, -0.2) is 0 Å². The van der Waals surface area contributed by atoms with Crippen molar-refractivity contribution in [1.29, 1.82) is 0 Å². The van der Waals surface area contributed by atoms with Crippen LogP contribution >= 0.6 is 11.3 Å². The van der Waals surface area contributed by atoms with Gasteiger partial charge in [0.15, 0.2) is 0 Å². The molecule has 0 aliphatic heterocycles. The van der Waals surface area contributed by atoms with Gasteiger partial charge in [-0.3, -0.25) is 0 Å². The third-order valence-electron chi connectivity index (χ3n) is 2.03. The molecular formula is C11H13NO3S. The largest absolute Gasteiger partial charge is 0.494 e. The molecule has 86 valence electrons. The van der Waals surface area contributed by atoms with E-state index in [-0.39, 0.29) is 5.19 Å². The molecule has 1 heterocycles. The number of rotatable bonds is 4. The summed E-state index contributed by atoms with van der Waals surface area (Å²) in [5.41, 5.74) is 0.688. The Kier molecular flexibility index (Phi) is 3.14. The van der Waals surface area contributed by atoms with Crippen LogP contribution in [0.3, 0.4) is 0 Å². The molecule has 5 heteroatoms. The summed E-state index contributed by atoms with van der Waals surface area (Å²) < 4.78 is 11.8. The zero-order valence-corrected chi connectivity index (χ0v) is 10.0. The number of hydrogen-bond acceptors (Lipinski definition) is 5. The van der Waals surface area contributed by atoms with E-state index in [1.165, 1.54) is 11.3 Å². The quantitative estimate of drug-likeness (QED) is 0.891. The summed E-state index contributed by atoms with van der Waals surface area (Å²) in [5, 5.41) is 9.43. The van der Waals surface area contributed by atoms with E-state index in [4.69, 9.17) is 9.47 Å². The number of aromatic nitrogens is 1. The molecule has 0 bridgehead atoms. The zero-order valence-electron chi connectivity index (χ0n) is 9.19. The second kappa shape index (κ2) is 4.57. The average molecular weight is 239 g/mol. The van der Waals surface area contributed by atoms with Crippen molar-refractivity contribution >= 4 is 21.6 Å². The molecule has 2 rings (SSSR count). The van der Waals surface area contributed by atoms with Gasteiger partial charge >= 0.3 is 0 Å². The lowest BCUT2D eigenvalue weighted by molar-refractivity contribution is 0.325. The maximum absolute atomic E-state index is 9.38. The molecule has 0 fully saturated rings. The highest BCUT2D eigenvalue weighted by Gasteiger charge is 2.11. The van der Waals surface area contributed by atoms with Crippen LogP contribution in [0, 0.1) is 0 Å². The number of benzene rings is 1. The summed E-state index contributed by atoms with van der Waals surface area (Å²) in [6, 6.07) is 3.66. The van der Waals surface area contributed by atoms with Gasteiger partial charge in [0.05, 0.1) is 17.9 Å². The van der Waals surface area contributed by atoms with E-state index < -0.39 is 0 Å². The van der Waals surface area contributed by atoms with E-state index in [0.717, 1.165) is 10.4 Å². The topological polar surface area (TPSA) is 51.6 Å². The van der Waals surface area contributed by atoms with E-state index in [2.05, 4.69) is 4.98 Å². The molecule has 2 aromatic rings. The average Bonchev–Trinajstić information content (AvgIpc) is 2.60. The molecule has 0 amide bonds. The molecule has 0 saturated heterocycles. The minimum Gasteiger partial charge on any atom is -0.494 e. The minimum atomic E-state index is 0.0459. The van der Waals surface area contributed by atoms with Gasteiger partial charge in [-0.15, -0.1) is 0 Å². The molecular weight excluding hydrogens is 226 g/mol. The Bertz CT molecular complexity index is 495. The molecule has 1 aromatic carbocycles. The van der Waals surface area contributed by atoms with Crippen molar-refractivity contribution in [2.45, 2.75) is 13.8 Å². The van der Waals surface area contributed by atoms with Crippen molar-refractivity contribution in [2.24, 2.45) is 0 Å². The Morgan fingerprint density at radius 3 is 2.69 bits per heavy atom. The third-order valence-corrected chi connectivity index (χ3v) is 2.84. The maximum atomic E-state index is 9.38. The first kappa shape index (κ1) is 11.0. The number of fused-ring (bicyclic) bond motifs is 1. The predicted molar refractivity (Wildman–Crippen MR) is 63.6 cm³/mol. The van der Waals surface area contributed by atoms with Crippen LogP contribution in [-0.4, -0.2) is 23.3 Å². The normalized spacial score (nSPS) is 10.6. The number of thiazole rings is 1. The van der Waals surface area contributed by atoms with Crippen LogP contribution in [0.5, 0.6) is 16.7 Å². The second-order valence-corrected chi connectivity index (χ2v) is 4.14. The Labute approximate surface area is 97.5 Å². The zero-order chi connectivity index (χ0) is 11.5. The summed E-state index contributed by atoms with van der Waals surface area (Å²) >= 11 is 1.22. The number of ether oxygens (including phenoxy) is 2. The molecule has 0 aliphatic carbocycles. The van der Waals surface area contributed by atoms with Crippen molar-refractivity contribution in [3.8, 4) is 16.7 Å². The van der Waals surface area contributed by atoms with E-state index >= 15 is 0 Å². The molecule has 1 aromatic heterocycles. The SMILES string of the molecule is CCOc1cc(OCC)c2nc(O)sc2c1. The first-order valence-electron chi connectivity index (χ1n) is 5.13. The molecule has 0 unspecified atom stereocenters. The summed E-state index contributed by atoms with van der Waals surface area (Å²) in [5.74, 6) is 1.39. The van der Waals surface area contributed by atoms with E-state index in [1.807, 2.05) is 19.9 Å². The summed E-state index contributed by atoms with van der Waals surface area (Å²) in [4.78, 5) is 4.03. The Morgan fingerprint density at radius 2 is 2.00 bits per heavy atom. The van der Waals surface area contributed by atoms with Crippen LogP contribution in [0.2, 0.25) is 0 Å². The molecule has 0 saturated carbocycles. The smallest absolute Gasteiger partial charge is 0.271 e. The lowest BCUT2D eigenvalue weighted by atomic mass is 10.3. The Morgan fingerprint density at radius 1 is 1.25 bits per heavy atom. The van der Waals surface area contributed by atoms with Crippen LogP contribution in [-0.2, 0) is 0 Å². The van der Waals surface area contributed by atoms with E-state index in [0.29, 0.717) is 24.5 Å². The predicted octanol–water partition coefficient (Wildman–Crippen LogP) is 2.80. The van der Waals surface area contributed by atoms with Crippen LogP contribution < -0.4 is 9.47 Å². The Hall–Kier alpha value is -1.49. The van der Waals surface area contributed by atoms with Crippen LogP contribution in [0.1, 0.15) is 13.8 Å². The highest BCUT2D eigenvalue weighted by atomic mass is 32.1. The second-order valence-electron chi connectivity index (χ2n) is 3.13. The van der Waals surface area contributed by atoms with Gasteiger partial charge in [0, 0.05) is 6.07 Å². The molecule has 0 radical (unpaired) electrons. The molecule has 0 atom stereocenters. The van der Waals surface area contributed by atoms with Crippen molar-refractivity contribution in [1.82, 2.24) is 4.98 Å². The van der Waals surface area contributed by atoms with Crippen molar-refractivity contribution in [2.75, 3.05) is 13.2 Å². The first-order valence-corrected chi connectivity index (χ1v) is 5.95. The van der Waals surface area contributed by atoms with Gasteiger partial charge in [0.1, 0.15) is 17.0 Å². The third kappa shape index (κ3) is 2.04. The Balaban J connectivity index is 2.53. The first-order chi connectivity index (χ1) is 7.74. The van der Waals surface area contributed by atoms with Crippen molar-refractivity contribution in [3.05, 3.63) is 12.1 Å². The van der Waals surface area contributed by atoms with Crippen molar-refractivity contribution in [3.63, 3.8) is 0 Å². The van der Waals surface area contributed by atoms with Gasteiger partial charge < -0.3 is 14.6 Å². The molecule has 0 aliphatic rings. The van der Waals surface area contributed by atoms with Gasteiger partial charge in [0.2, 0.25) is 0 Å². The highest BCUT2D eigenvalue weighted by molar-refractivity contribution is 7.20. The standard InChI is InChI=1S/C11H13NO3S/c1-3-14-7-5-8(15-4-2)10-9(6-7)16-11(13)12-10/h5-6H,3-4H2,1-2H3,(H,12,13). The fourth-order valence-electron chi connectivity index (χ4n) is 1.48. The van der Waals surface area contributed by atoms with Crippen LogP contribution in [0.25, 0.3) is 10.2 Å². The van der Waals surface area contributed by atoms with Crippen LogP contribution in [0.4, 0.5) is 0 Å². The maximum Gasteiger partial charge on any atom is 0.271 e. The molecule has 16 heavy (non-hydrogen) atoms. The molecule has 0 spiro atoms. The van der Waals surface area contributed by atoms with Crippen molar-refractivity contribution < 1.29 is 14.6 Å². The van der Waals surface area contributed by atoms with Gasteiger partial charge in [0.25, 0.3) is 5.19 Å². The summed E-state index contributed by atoms with van der Waals surface area (Å²) in [7, 11) is 0. The summed E-state index contributed by atoms with van der Waals surface area (Å²) in [6.45, 7) is 4.99. The molecule has 1 N–H and O–H groups in total. The monoisotopic (exact) mass is 239 g/mol. The lowest BCUT2D eigenvalue weighted by Crippen LogP contribution is -1.95. The van der Waals surface area contributed by atoms with Gasteiger partial charge in [-0.1, -0.05) is 11.3 Å². The van der Waals surface area contributed by atoms with Gasteiger partial charge in [-0.05, 0) is 19.9 Å². The van der Waals surface area contributed by atoms with Crippen LogP contribution in [0.15, 0.2) is 12.1 Å². The van der Waals surface area contributed by atoms with E-state index in [1.54, 1.807) is 6.07 Å². The summed E-state index contributed by atoms with van der Waals surface area (Å²) in [6.07, 6.45) is 0. The van der Waals surface area contributed by atoms with Gasteiger partial charge in [-0.2, -0.15) is 4.98 Å². The number of nitrogens with zero attached hydrogens (tertiary/aromatic N) is 1. The highest BCUT2D eigenvalue weighted by Crippen LogP contribution is 2.36. The number of aromatic hydroxyl groups is 1. The fourth-order valence-corrected chi connectivity index (χ4v) is 2.23. The fraction of sp³-hybridized carbons (Fsp3) is 0.364.